The van der Waals surface area contributed by atoms with Gasteiger partial charge in [-0.15, -0.1) is 0 Å². The van der Waals surface area contributed by atoms with Gasteiger partial charge in [0.15, 0.2) is 5.78 Å². The predicted molar refractivity (Wildman–Crippen MR) is 78.3 cm³/mol. The number of imidazole rings is 1. The van der Waals surface area contributed by atoms with Gasteiger partial charge in [-0.05, 0) is 31.5 Å². The first kappa shape index (κ1) is 14.6. The molecule has 0 saturated carbocycles. The molecule has 0 unspecified atom stereocenters. The summed E-state index contributed by atoms with van der Waals surface area (Å²) in [7, 11) is 0. The lowest BCUT2D eigenvalue weighted by atomic mass is 10.1. The van der Waals surface area contributed by atoms with Crippen LogP contribution in [0.4, 0.5) is 0 Å². The van der Waals surface area contributed by atoms with Crippen molar-refractivity contribution in [2.24, 2.45) is 0 Å². The van der Waals surface area contributed by atoms with Crippen molar-refractivity contribution in [3.05, 3.63) is 47.0 Å². The number of ketones is 1. The standard InChI is InChI=1S/C15H17ClN2O2/c1-3-6-18-10-17-8-13(18)9-20-15-5-4-12(11(2)19)7-14(15)16/h4-5,7-8,10H,3,6,9H2,1-2H3. The summed E-state index contributed by atoms with van der Waals surface area (Å²) in [4.78, 5) is 15.4. The van der Waals surface area contributed by atoms with E-state index < -0.39 is 0 Å². The summed E-state index contributed by atoms with van der Waals surface area (Å²) in [5.41, 5.74) is 1.58. The van der Waals surface area contributed by atoms with E-state index in [1.807, 2.05) is 0 Å². The minimum absolute atomic E-state index is 0.0144. The van der Waals surface area contributed by atoms with Crippen LogP contribution < -0.4 is 4.74 Å². The lowest BCUT2D eigenvalue weighted by Crippen LogP contribution is -2.05. The van der Waals surface area contributed by atoms with Crippen molar-refractivity contribution >= 4 is 17.4 Å². The highest BCUT2D eigenvalue weighted by Gasteiger charge is 2.08. The van der Waals surface area contributed by atoms with E-state index in [1.165, 1.54) is 6.92 Å². The first-order valence-electron chi connectivity index (χ1n) is 6.54. The fourth-order valence-electron chi connectivity index (χ4n) is 1.90. The van der Waals surface area contributed by atoms with Crippen molar-refractivity contribution in [2.45, 2.75) is 33.4 Å². The van der Waals surface area contributed by atoms with Crippen LogP contribution in [-0.4, -0.2) is 15.3 Å². The Bertz CT molecular complexity index is 608. The maximum absolute atomic E-state index is 11.3. The molecule has 1 aromatic carbocycles. The quantitative estimate of drug-likeness (QED) is 0.762. The van der Waals surface area contributed by atoms with Gasteiger partial charge in [-0.3, -0.25) is 4.79 Å². The molecule has 5 heteroatoms. The van der Waals surface area contributed by atoms with Gasteiger partial charge in [0.1, 0.15) is 12.4 Å². The fraction of sp³-hybridized carbons (Fsp3) is 0.333. The van der Waals surface area contributed by atoms with Gasteiger partial charge < -0.3 is 9.30 Å². The number of aryl methyl sites for hydroxylation is 1. The third kappa shape index (κ3) is 3.39. The largest absolute Gasteiger partial charge is 0.486 e. The number of rotatable bonds is 6. The van der Waals surface area contributed by atoms with E-state index in [9.17, 15) is 4.79 Å². The van der Waals surface area contributed by atoms with Crippen molar-refractivity contribution in [3.8, 4) is 5.75 Å². The predicted octanol–water partition coefficient (Wildman–Crippen LogP) is 3.73. The van der Waals surface area contributed by atoms with E-state index >= 15 is 0 Å². The minimum Gasteiger partial charge on any atom is -0.486 e. The Hall–Kier alpha value is -1.81. The SMILES string of the molecule is CCCn1cncc1COc1ccc(C(C)=O)cc1Cl. The number of carbonyl (C=O) groups is 1. The number of ether oxygens (including phenoxy) is 1. The third-order valence-electron chi connectivity index (χ3n) is 2.98. The Morgan fingerprint density at radius 3 is 2.90 bits per heavy atom. The molecule has 0 bridgehead atoms. The molecule has 2 rings (SSSR count). The van der Waals surface area contributed by atoms with E-state index in [-0.39, 0.29) is 5.78 Å². The topological polar surface area (TPSA) is 44.1 Å². The second-order valence-electron chi connectivity index (χ2n) is 4.57. The van der Waals surface area contributed by atoms with E-state index in [1.54, 1.807) is 30.7 Å². The molecule has 106 valence electrons. The fourth-order valence-corrected chi connectivity index (χ4v) is 2.13. The second kappa shape index (κ2) is 6.57. The highest BCUT2D eigenvalue weighted by atomic mass is 35.5. The number of aromatic nitrogens is 2. The number of hydrogen-bond donors (Lipinski definition) is 0. The van der Waals surface area contributed by atoms with Gasteiger partial charge in [-0.1, -0.05) is 18.5 Å². The van der Waals surface area contributed by atoms with Gasteiger partial charge in [0, 0.05) is 12.1 Å². The van der Waals surface area contributed by atoms with Gasteiger partial charge in [0.05, 0.1) is 23.2 Å². The molecule has 0 saturated heterocycles. The second-order valence-corrected chi connectivity index (χ2v) is 4.98. The normalized spacial score (nSPS) is 10.6. The van der Waals surface area contributed by atoms with Crippen LogP contribution in [0.5, 0.6) is 5.75 Å². The molecule has 0 spiro atoms. The molecule has 0 amide bonds. The molecule has 0 fully saturated rings. The van der Waals surface area contributed by atoms with Crippen LogP contribution >= 0.6 is 11.6 Å². The lowest BCUT2D eigenvalue weighted by molar-refractivity contribution is 0.101. The third-order valence-corrected chi connectivity index (χ3v) is 3.27. The molecular formula is C15H17ClN2O2. The van der Waals surface area contributed by atoms with Crippen molar-refractivity contribution in [1.29, 1.82) is 0 Å². The zero-order valence-electron chi connectivity index (χ0n) is 11.6. The van der Waals surface area contributed by atoms with Crippen LogP contribution in [-0.2, 0) is 13.2 Å². The molecule has 0 aliphatic carbocycles. The summed E-state index contributed by atoms with van der Waals surface area (Å²) in [6.07, 6.45) is 4.62. The molecule has 0 radical (unpaired) electrons. The number of Topliss-reactive ketones (excluding diaryl/α,β-unsaturated/α-hetero) is 1. The zero-order valence-corrected chi connectivity index (χ0v) is 12.4. The summed E-state index contributed by atoms with van der Waals surface area (Å²) in [5, 5.41) is 0.444. The van der Waals surface area contributed by atoms with Gasteiger partial charge >= 0.3 is 0 Å². The Morgan fingerprint density at radius 1 is 1.45 bits per heavy atom. The van der Waals surface area contributed by atoms with Crippen LogP contribution in [0.3, 0.4) is 0 Å². The van der Waals surface area contributed by atoms with Gasteiger partial charge in [0.25, 0.3) is 0 Å². The molecule has 0 atom stereocenters. The van der Waals surface area contributed by atoms with Crippen LogP contribution in [0.1, 0.15) is 36.3 Å². The average molecular weight is 293 g/mol. The van der Waals surface area contributed by atoms with Gasteiger partial charge in [0.2, 0.25) is 0 Å². The van der Waals surface area contributed by atoms with Crippen molar-refractivity contribution in [3.63, 3.8) is 0 Å². The summed E-state index contributed by atoms with van der Waals surface area (Å²) >= 11 is 6.11. The van der Waals surface area contributed by atoms with E-state index in [4.69, 9.17) is 16.3 Å². The van der Waals surface area contributed by atoms with E-state index in [2.05, 4.69) is 16.5 Å². The molecule has 0 aliphatic rings. The lowest BCUT2D eigenvalue weighted by Gasteiger charge is -2.10. The highest BCUT2D eigenvalue weighted by Crippen LogP contribution is 2.26. The molecule has 4 nitrogen and oxygen atoms in total. The molecule has 2 aromatic rings. The van der Waals surface area contributed by atoms with Crippen molar-refractivity contribution < 1.29 is 9.53 Å². The maximum Gasteiger partial charge on any atom is 0.159 e. The van der Waals surface area contributed by atoms with E-state index in [0.29, 0.717) is 22.9 Å². The van der Waals surface area contributed by atoms with Crippen LogP contribution in [0.25, 0.3) is 0 Å². The first-order chi connectivity index (χ1) is 9.61. The Balaban J connectivity index is 2.07. The first-order valence-corrected chi connectivity index (χ1v) is 6.92. The smallest absolute Gasteiger partial charge is 0.159 e. The Morgan fingerprint density at radius 2 is 2.25 bits per heavy atom. The van der Waals surface area contributed by atoms with Gasteiger partial charge in [-0.2, -0.15) is 0 Å². The summed E-state index contributed by atoms with van der Waals surface area (Å²) < 4.78 is 7.75. The van der Waals surface area contributed by atoms with Crippen molar-refractivity contribution in [1.82, 2.24) is 9.55 Å². The average Bonchev–Trinajstić information content (AvgIpc) is 2.85. The molecule has 20 heavy (non-hydrogen) atoms. The van der Waals surface area contributed by atoms with Crippen LogP contribution in [0.2, 0.25) is 5.02 Å². The number of nitrogens with zero attached hydrogens (tertiary/aromatic N) is 2. The number of hydrogen-bond acceptors (Lipinski definition) is 3. The van der Waals surface area contributed by atoms with Crippen LogP contribution in [0.15, 0.2) is 30.7 Å². The minimum atomic E-state index is -0.0144. The molecule has 1 aromatic heterocycles. The Kier molecular flexibility index (Phi) is 4.79. The number of benzene rings is 1. The highest BCUT2D eigenvalue weighted by molar-refractivity contribution is 6.32. The van der Waals surface area contributed by atoms with Gasteiger partial charge in [-0.25, -0.2) is 4.98 Å². The number of halogens is 1. The monoisotopic (exact) mass is 292 g/mol. The summed E-state index contributed by atoms with van der Waals surface area (Å²) in [5.74, 6) is 0.556. The maximum atomic E-state index is 11.3. The summed E-state index contributed by atoms with van der Waals surface area (Å²) in [6, 6.07) is 5.06. The molecule has 0 N–H and O–H groups in total. The molecule has 1 heterocycles. The van der Waals surface area contributed by atoms with Crippen LogP contribution in [0, 0.1) is 0 Å². The van der Waals surface area contributed by atoms with Crippen molar-refractivity contribution in [2.75, 3.05) is 0 Å². The Labute approximate surface area is 123 Å². The summed E-state index contributed by atoms with van der Waals surface area (Å²) in [6.45, 7) is 4.94. The molecule has 0 aliphatic heterocycles. The number of carbonyl (C=O) groups excluding carboxylic acids is 1. The van der Waals surface area contributed by atoms with E-state index in [0.717, 1.165) is 18.7 Å². The zero-order chi connectivity index (χ0) is 14.5. The molecular weight excluding hydrogens is 276 g/mol.